The molecule has 3 rings (SSSR count). The van der Waals surface area contributed by atoms with Crippen molar-refractivity contribution in [2.45, 2.75) is 6.92 Å². The highest BCUT2D eigenvalue weighted by Crippen LogP contribution is 2.21. The molecule has 0 amide bonds. The van der Waals surface area contributed by atoms with Gasteiger partial charge in [0.25, 0.3) is 0 Å². The Morgan fingerprint density at radius 3 is 2.43 bits per heavy atom. The Hall–Kier alpha value is -2.88. The fourth-order valence-electron chi connectivity index (χ4n) is 2.44. The fourth-order valence-corrected chi connectivity index (χ4v) is 2.44. The number of benzene rings is 2. The first-order valence-corrected chi connectivity index (χ1v) is 7.30. The van der Waals surface area contributed by atoms with Gasteiger partial charge >= 0.3 is 0 Å². The molecule has 2 aromatic carbocycles. The van der Waals surface area contributed by atoms with Gasteiger partial charge < -0.3 is 9.30 Å². The van der Waals surface area contributed by atoms with Crippen LogP contribution in [-0.4, -0.2) is 17.9 Å². The van der Waals surface area contributed by atoms with Gasteiger partial charge in [-0.25, -0.2) is 4.39 Å². The highest BCUT2D eigenvalue weighted by Gasteiger charge is 2.06. The standard InChI is InChI=1S/C19H17FN2O/c1-14-7-8-16(13-21-19-6-4-3-5-18(19)20)22(14)15-9-11-17(23-2)12-10-15/h3-13H,1-2H3. The summed E-state index contributed by atoms with van der Waals surface area (Å²) in [5, 5.41) is 0. The fraction of sp³-hybridized carbons (Fsp3) is 0.105. The highest BCUT2D eigenvalue weighted by atomic mass is 19.1. The van der Waals surface area contributed by atoms with Crippen molar-refractivity contribution in [2.75, 3.05) is 7.11 Å². The van der Waals surface area contributed by atoms with E-state index in [1.54, 1.807) is 31.5 Å². The predicted molar refractivity (Wildman–Crippen MR) is 90.7 cm³/mol. The largest absolute Gasteiger partial charge is 0.497 e. The molecule has 116 valence electrons. The zero-order valence-electron chi connectivity index (χ0n) is 13.0. The van der Waals surface area contributed by atoms with Crippen LogP contribution in [0.1, 0.15) is 11.4 Å². The van der Waals surface area contributed by atoms with Crippen LogP contribution < -0.4 is 4.74 Å². The van der Waals surface area contributed by atoms with Crippen LogP contribution in [0, 0.1) is 12.7 Å². The van der Waals surface area contributed by atoms with Gasteiger partial charge in [0.05, 0.1) is 24.7 Å². The van der Waals surface area contributed by atoms with E-state index in [2.05, 4.69) is 9.56 Å². The first kappa shape index (κ1) is 15.0. The molecule has 0 fully saturated rings. The van der Waals surface area contributed by atoms with Gasteiger partial charge in [-0.2, -0.15) is 0 Å². The maximum atomic E-state index is 13.7. The van der Waals surface area contributed by atoms with Gasteiger partial charge in [-0.3, -0.25) is 4.99 Å². The van der Waals surface area contributed by atoms with Gasteiger partial charge in [0, 0.05) is 11.4 Å². The third kappa shape index (κ3) is 3.16. The number of aryl methyl sites for hydroxylation is 1. The van der Waals surface area contributed by atoms with Crippen LogP contribution in [0.3, 0.4) is 0 Å². The van der Waals surface area contributed by atoms with E-state index in [1.165, 1.54) is 6.07 Å². The van der Waals surface area contributed by atoms with Crippen LogP contribution in [0.4, 0.5) is 10.1 Å². The minimum absolute atomic E-state index is 0.327. The Kier molecular flexibility index (Phi) is 4.24. The van der Waals surface area contributed by atoms with Crippen LogP contribution >= 0.6 is 0 Å². The molecule has 23 heavy (non-hydrogen) atoms. The summed E-state index contributed by atoms with van der Waals surface area (Å²) < 4.78 is 20.9. The molecule has 0 atom stereocenters. The molecule has 1 aromatic heterocycles. The number of methoxy groups -OCH3 is 1. The van der Waals surface area contributed by atoms with Gasteiger partial charge in [0.1, 0.15) is 11.6 Å². The third-order valence-corrected chi connectivity index (χ3v) is 3.63. The van der Waals surface area contributed by atoms with E-state index in [9.17, 15) is 4.39 Å². The quantitative estimate of drug-likeness (QED) is 0.643. The summed E-state index contributed by atoms with van der Waals surface area (Å²) in [6.07, 6.45) is 1.68. The number of para-hydroxylation sites is 1. The number of aliphatic imine (C=N–C) groups is 1. The monoisotopic (exact) mass is 308 g/mol. The Balaban J connectivity index is 1.97. The smallest absolute Gasteiger partial charge is 0.148 e. The molecule has 0 aliphatic rings. The molecule has 0 saturated heterocycles. The van der Waals surface area contributed by atoms with Gasteiger partial charge in [-0.15, -0.1) is 0 Å². The Labute approximate surface area is 134 Å². The number of ether oxygens (including phenoxy) is 1. The average Bonchev–Trinajstić information content (AvgIpc) is 2.95. The number of hydrogen-bond acceptors (Lipinski definition) is 2. The van der Waals surface area contributed by atoms with E-state index in [4.69, 9.17) is 4.74 Å². The van der Waals surface area contributed by atoms with Gasteiger partial charge in [-0.1, -0.05) is 12.1 Å². The molecule has 0 spiro atoms. The summed E-state index contributed by atoms with van der Waals surface area (Å²) in [6.45, 7) is 2.02. The molecule has 4 heteroatoms. The third-order valence-electron chi connectivity index (χ3n) is 3.63. The summed E-state index contributed by atoms with van der Waals surface area (Å²) in [6, 6.07) is 18.2. The zero-order valence-corrected chi connectivity index (χ0v) is 13.0. The topological polar surface area (TPSA) is 26.5 Å². The second-order valence-electron chi connectivity index (χ2n) is 5.14. The first-order valence-electron chi connectivity index (χ1n) is 7.30. The van der Waals surface area contributed by atoms with Crippen molar-refractivity contribution in [3.05, 3.63) is 77.9 Å². The molecule has 0 aliphatic carbocycles. The molecule has 0 radical (unpaired) electrons. The average molecular weight is 308 g/mol. The predicted octanol–water partition coefficient (Wildman–Crippen LogP) is 4.68. The van der Waals surface area contributed by atoms with Crippen molar-refractivity contribution in [3.8, 4) is 11.4 Å². The van der Waals surface area contributed by atoms with Crippen LogP contribution in [0.15, 0.2) is 65.7 Å². The van der Waals surface area contributed by atoms with Gasteiger partial charge in [-0.05, 0) is 55.5 Å². The van der Waals surface area contributed by atoms with Crippen molar-refractivity contribution < 1.29 is 9.13 Å². The van der Waals surface area contributed by atoms with Crippen molar-refractivity contribution in [1.29, 1.82) is 0 Å². The van der Waals surface area contributed by atoms with E-state index in [0.717, 1.165) is 22.8 Å². The summed E-state index contributed by atoms with van der Waals surface area (Å²) in [4.78, 5) is 4.26. The summed E-state index contributed by atoms with van der Waals surface area (Å²) >= 11 is 0. The van der Waals surface area contributed by atoms with Crippen LogP contribution in [0.5, 0.6) is 5.75 Å². The minimum atomic E-state index is -0.331. The lowest BCUT2D eigenvalue weighted by molar-refractivity contribution is 0.414. The summed E-state index contributed by atoms with van der Waals surface area (Å²) in [7, 11) is 1.64. The number of halogens is 1. The van der Waals surface area contributed by atoms with E-state index in [0.29, 0.717) is 5.69 Å². The molecule has 0 unspecified atom stereocenters. The molecule has 0 saturated carbocycles. The molecule has 0 bridgehead atoms. The molecular weight excluding hydrogens is 291 g/mol. The molecule has 0 N–H and O–H groups in total. The number of nitrogens with zero attached hydrogens (tertiary/aromatic N) is 2. The lowest BCUT2D eigenvalue weighted by atomic mass is 10.3. The van der Waals surface area contributed by atoms with E-state index in [-0.39, 0.29) is 5.82 Å². The van der Waals surface area contributed by atoms with Crippen LogP contribution in [0.2, 0.25) is 0 Å². The highest BCUT2D eigenvalue weighted by molar-refractivity contribution is 5.81. The molecule has 3 nitrogen and oxygen atoms in total. The second kappa shape index (κ2) is 6.48. The van der Waals surface area contributed by atoms with Crippen molar-refractivity contribution in [2.24, 2.45) is 4.99 Å². The SMILES string of the molecule is COc1ccc(-n2c(C)ccc2C=Nc2ccccc2F)cc1. The molecule has 3 aromatic rings. The van der Waals surface area contributed by atoms with Gasteiger partial charge in [0.2, 0.25) is 0 Å². The summed E-state index contributed by atoms with van der Waals surface area (Å²) in [5.74, 6) is 0.475. The van der Waals surface area contributed by atoms with E-state index < -0.39 is 0 Å². The van der Waals surface area contributed by atoms with E-state index >= 15 is 0 Å². The normalized spacial score (nSPS) is 11.1. The number of aromatic nitrogens is 1. The van der Waals surface area contributed by atoms with E-state index in [1.807, 2.05) is 43.3 Å². The first-order chi connectivity index (χ1) is 11.2. The Bertz CT molecular complexity index is 835. The van der Waals surface area contributed by atoms with Crippen molar-refractivity contribution >= 4 is 11.9 Å². The van der Waals surface area contributed by atoms with Gasteiger partial charge in [0.15, 0.2) is 0 Å². The number of rotatable bonds is 4. The van der Waals surface area contributed by atoms with Crippen molar-refractivity contribution in [1.82, 2.24) is 4.57 Å². The Morgan fingerprint density at radius 1 is 1.00 bits per heavy atom. The maximum Gasteiger partial charge on any atom is 0.148 e. The lowest BCUT2D eigenvalue weighted by Gasteiger charge is -2.10. The maximum absolute atomic E-state index is 13.7. The molecule has 1 heterocycles. The second-order valence-corrected chi connectivity index (χ2v) is 5.14. The molecular formula is C19H17FN2O. The Morgan fingerprint density at radius 2 is 1.74 bits per heavy atom. The number of hydrogen-bond donors (Lipinski definition) is 0. The summed E-state index contributed by atoms with van der Waals surface area (Å²) in [5.41, 5.74) is 3.29. The van der Waals surface area contributed by atoms with Crippen LogP contribution in [-0.2, 0) is 0 Å². The minimum Gasteiger partial charge on any atom is -0.497 e. The zero-order chi connectivity index (χ0) is 16.2. The van der Waals surface area contributed by atoms with Crippen molar-refractivity contribution in [3.63, 3.8) is 0 Å². The van der Waals surface area contributed by atoms with Crippen LogP contribution in [0.25, 0.3) is 5.69 Å². The lowest BCUT2D eigenvalue weighted by Crippen LogP contribution is -2.01. The molecule has 0 aliphatic heterocycles.